The van der Waals surface area contributed by atoms with E-state index in [1.165, 1.54) is 6.20 Å². The molecule has 1 aliphatic rings. The van der Waals surface area contributed by atoms with E-state index in [0.29, 0.717) is 13.2 Å². The minimum atomic E-state index is -1.18. The molecule has 0 aliphatic carbocycles. The van der Waals surface area contributed by atoms with E-state index in [-0.39, 0.29) is 29.4 Å². The Labute approximate surface area is 145 Å². The minimum Gasteiger partial charge on any atom is -0.476 e. The van der Waals surface area contributed by atoms with E-state index in [9.17, 15) is 9.59 Å². The monoisotopic (exact) mass is 341 g/mol. The number of amides is 1. The molecule has 1 fully saturated rings. The number of ether oxygens (including phenoxy) is 1. The second-order valence-electron chi connectivity index (χ2n) is 6.08. The van der Waals surface area contributed by atoms with E-state index >= 15 is 0 Å². The predicted molar refractivity (Wildman–Crippen MR) is 89.4 cm³/mol. The topological polar surface area (TPSA) is 92.6 Å². The van der Waals surface area contributed by atoms with Crippen molar-refractivity contribution in [3.05, 3.63) is 59.2 Å². The fourth-order valence-corrected chi connectivity index (χ4v) is 2.87. The summed E-state index contributed by atoms with van der Waals surface area (Å²) < 4.78 is 5.92. The number of hydrogen-bond donors (Lipinski definition) is 1. The Morgan fingerprint density at radius 3 is 2.52 bits per heavy atom. The van der Waals surface area contributed by atoms with Gasteiger partial charge in [0.05, 0.1) is 31.6 Å². The van der Waals surface area contributed by atoms with E-state index in [1.54, 1.807) is 4.90 Å². The minimum absolute atomic E-state index is 0.103. The molecule has 1 aromatic carbocycles. The first kappa shape index (κ1) is 17.0. The molecule has 2 aromatic rings. The third kappa shape index (κ3) is 3.51. The zero-order chi connectivity index (χ0) is 18.0. The van der Waals surface area contributed by atoms with Gasteiger partial charge in [-0.3, -0.25) is 4.79 Å². The lowest BCUT2D eigenvalue weighted by Gasteiger charge is -2.38. The summed E-state index contributed by atoms with van der Waals surface area (Å²) in [5, 5.41) is 8.88. The summed E-state index contributed by atoms with van der Waals surface area (Å²) in [7, 11) is 0. The molecule has 1 aliphatic heterocycles. The lowest BCUT2D eigenvalue weighted by molar-refractivity contribution is -0.0491. The number of aryl methyl sites for hydroxylation is 1. The van der Waals surface area contributed by atoms with Gasteiger partial charge < -0.3 is 14.7 Å². The van der Waals surface area contributed by atoms with E-state index in [0.717, 1.165) is 17.3 Å². The molecule has 2 atom stereocenters. The van der Waals surface area contributed by atoms with Crippen molar-refractivity contribution >= 4 is 11.9 Å². The van der Waals surface area contributed by atoms with Gasteiger partial charge in [-0.15, -0.1) is 0 Å². The van der Waals surface area contributed by atoms with Crippen LogP contribution in [0, 0.1) is 6.92 Å². The maximum atomic E-state index is 12.8. The smallest absolute Gasteiger partial charge is 0.356 e. The lowest BCUT2D eigenvalue weighted by Crippen LogP contribution is -2.48. The largest absolute Gasteiger partial charge is 0.476 e. The number of benzene rings is 1. The van der Waals surface area contributed by atoms with Crippen LogP contribution in [0.1, 0.15) is 45.1 Å². The number of hydrogen-bond acceptors (Lipinski definition) is 5. The summed E-state index contributed by atoms with van der Waals surface area (Å²) in [4.78, 5) is 33.0. The maximum absolute atomic E-state index is 12.8. The Hall–Kier alpha value is -2.80. The van der Waals surface area contributed by atoms with Gasteiger partial charge in [-0.1, -0.05) is 24.3 Å². The molecule has 1 saturated heterocycles. The van der Waals surface area contributed by atoms with Gasteiger partial charge in [0.1, 0.15) is 11.8 Å². The predicted octanol–water partition coefficient (Wildman–Crippen LogP) is 2.09. The van der Waals surface area contributed by atoms with Gasteiger partial charge in [0, 0.05) is 0 Å². The third-order valence-corrected chi connectivity index (χ3v) is 4.32. The third-order valence-electron chi connectivity index (χ3n) is 4.32. The molecule has 25 heavy (non-hydrogen) atoms. The molecule has 1 N–H and O–H groups in total. The Morgan fingerprint density at radius 2 is 1.88 bits per heavy atom. The van der Waals surface area contributed by atoms with Crippen LogP contribution in [0.4, 0.5) is 0 Å². The number of carboxylic acids is 1. The Balaban J connectivity index is 1.81. The summed E-state index contributed by atoms with van der Waals surface area (Å²) in [5.41, 5.74) is 2.10. The van der Waals surface area contributed by atoms with Gasteiger partial charge in [0.25, 0.3) is 5.91 Å². The quantitative estimate of drug-likeness (QED) is 0.919. The van der Waals surface area contributed by atoms with E-state index in [1.807, 2.05) is 38.1 Å². The van der Waals surface area contributed by atoms with Gasteiger partial charge >= 0.3 is 5.97 Å². The van der Waals surface area contributed by atoms with Gasteiger partial charge in [-0.25, -0.2) is 14.8 Å². The highest BCUT2D eigenvalue weighted by Crippen LogP contribution is 2.27. The van der Waals surface area contributed by atoms with Crippen molar-refractivity contribution in [1.29, 1.82) is 0 Å². The highest BCUT2D eigenvalue weighted by atomic mass is 16.5. The summed E-state index contributed by atoms with van der Waals surface area (Å²) >= 11 is 0. The highest BCUT2D eigenvalue weighted by Gasteiger charge is 2.32. The molecule has 0 saturated carbocycles. The molecule has 7 heteroatoms. The van der Waals surface area contributed by atoms with E-state index in [4.69, 9.17) is 9.84 Å². The molecule has 0 radical (unpaired) electrons. The molecule has 130 valence electrons. The number of nitrogens with zero attached hydrogens (tertiary/aromatic N) is 3. The summed E-state index contributed by atoms with van der Waals surface area (Å²) in [6.45, 7) is 4.75. The van der Waals surface area contributed by atoms with Crippen LogP contribution in [-0.4, -0.2) is 51.0 Å². The number of carbonyl (C=O) groups excluding carboxylic acids is 1. The van der Waals surface area contributed by atoms with Crippen LogP contribution < -0.4 is 0 Å². The van der Waals surface area contributed by atoms with Crippen LogP contribution in [0.3, 0.4) is 0 Å². The molecule has 0 spiro atoms. The summed E-state index contributed by atoms with van der Waals surface area (Å²) in [6, 6.07) is 7.83. The van der Waals surface area contributed by atoms with Crippen molar-refractivity contribution < 1.29 is 19.4 Å². The van der Waals surface area contributed by atoms with E-state index < -0.39 is 5.97 Å². The number of carbonyl (C=O) groups is 2. The van der Waals surface area contributed by atoms with Crippen molar-refractivity contribution in [1.82, 2.24) is 14.9 Å². The molecular formula is C18H19N3O4. The fourth-order valence-electron chi connectivity index (χ4n) is 2.87. The van der Waals surface area contributed by atoms with Gasteiger partial charge in [-0.05, 0) is 25.0 Å². The van der Waals surface area contributed by atoms with Crippen LogP contribution in [-0.2, 0) is 4.74 Å². The van der Waals surface area contributed by atoms with Crippen molar-refractivity contribution in [3.8, 4) is 0 Å². The van der Waals surface area contributed by atoms with Gasteiger partial charge in [-0.2, -0.15) is 0 Å². The normalized spacial score (nSPS) is 20.3. The van der Waals surface area contributed by atoms with Crippen molar-refractivity contribution in [2.24, 2.45) is 0 Å². The van der Waals surface area contributed by atoms with E-state index in [2.05, 4.69) is 9.97 Å². The van der Waals surface area contributed by atoms with Crippen LogP contribution >= 0.6 is 0 Å². The van der Waals surface area contributed by atoms with Crippen molar-refractivity contribution in [2.45, 2.75) is 26.0 Å². The molecule has 1 amide bonds. The summed E-state index contributed by atoms with van der Waals surface area (Å²) in [6.07, 6.45) is 2.10. The van der Waals surface area contributed by atoms with Gasteiger partial charge in [0.15, 0.2) is 5.69 Å². The first-order chi connectivity index (χ1) is 12.0. The standard InChI is InChI=1S/C18H19N3O4/c1-11-5-3-4-6-13(11)16-9-21(12(2)10-25-16)17(22)14-7-20-15(8-19-14)18(23)24/h3-8,12,16H,9-10H2,1-2H3,(H,23,24). The molecule has 7 nitrogen and oxygen atoms in total. The Morgan fingerprint density at radius 1 is 1.20 bits per heavy atom. The Kier molecular flexibility index (Phi) is 4.76. The summed E-state index contributed by atoms with van der Waals surface area (Å²) in [5.74, 6) is -1.45. The fraction of sp³-hybridized carbons (Fsp3) is 0.333. The zero-order valence-electron chi connectivity index (χ0n) is 14.0. The molecular weight excluding hydrogens is 322 g/mol. The number of aromatic carboxylic acids is 1. The van der Waals surface area contributed by atoms with Crippen LogP contribution in [0.5, 0.6) is 0 Å². The Bertz CT molecular complexity index is 791. The average Bonchev–Trinajstić information content (AvgIpc) is 2.62. The second-order valence-corrected chi connectivity index (χ2v) is 6.08. The number of rotatable bonds is 3. The average molecular weight is 341 g/mol. The zero-order valence-corrected chi connectivity index (χ0v) is 14.0. The first-order valence-electron chi connectivity index (χ1n) is 8.01. The number of morpholine rings is 1. The maximum Gasteiger partial charge on any atom is 0.356 e. The van der Waals surface area contributed by atoms with Crippen LogP contribution in [0.15, 0.2) is 36.7 Å². The molecule has 3 rings (SSSR count). The lowest BCUT2D eigenvalue weighted by atomic mass is 10.0. The second kappa shape index (κ2) is 6.98. The molecule has 1 aromatic heterocycles. The molecule has 0 bridgehead atoms. The highest BCUT2D eigenvalue weighted by molar-refractivity contribution is 5.93. The number of carboxylic acid groups (broad SMARTS) is 1. The van der Waals surface area contributed by atoms with Crippen LogP contribution in [0.25, 0.3) is 0 Å². The van der Waals surface area contributed by atoms with Gasteiger partial charge in [0.2, 0.25) is 0 Å². The van der Waals surface area contributed by atoms with Crippen LogP contribution in [0.2, 0.25) is 0 Å². The van der Waals surface area contributed by atoms with Crippen molar-refractivity contribution in [3.63, 3.8) is 0 Å². The number of aromatic nitrogens is 2. The molecule has 2 heterocycles. The SMILES string of the molecule is Cc1ccccc1C1CN(C(=O)c2cnc(C(=O)O)cn2)C(C)CO1. The van der Waals surface area contributed by atoms with Crippen molar-refractivity contribution in [2.75, 3.05) is 13.2 Å². The molecule has 2 unspecified atom stereocenters. The first-order valence-corrected chi connectivity index (χ1v) is 8.01.